The summed E-state index contributed by atoms with van der Waals surface area (Å²) in [4.78, 5) is 11.4. The Hall–Kier alpha value is -2.94. The fourth-order valence-electron chi connectivity index (χ4n) is 2.81. The lowest BCUT2D eigenvalue weighted by Crippen LogP contribution is -2.23. The zero-order chi connectivity index (χ0) is 14.9. The summed E-state index contributed by atoms with van der Waals surface area (Å²) in [7, 11) is 0. The first-order valence-electron chi connectivity index (χ1n) is 7.27. The summed E-state index contributed by atoms with van der Waals surface area (Å²) in [6.07, 6.45) is 2.79. The number of para-hydroxylation sites is 2. The average molecular weight is 290 g/mol. The third-order valence-electron chi connectivity index (χ3n) is 3.89. The van der Waals surface area contributed by atoms with E-state index in [1.807, 2.05) is 41.2 Å². The number of fused-ring (bicyclic) bond motifs is 2. The molecule has 0 saturated carbocycles. The molecule has 0 saturated heterocycles. The van der Waals surface area contributed by atoms with Gasteiger partial charge in [0.2, 0.25) is 0 Å². The van der Waals surface area contributed by atoms with Crippen molar-refractivity contribution >= 4 is 16.9 Å². The quantitative estimate of drug-likeness (QED) is 0.686. The van der Waals surface area contributed by atoms with E-state index in [0.717, 1.165) is 42.1 Å². The number of benzene rings is 1. The van der Waals surface area contributed by atoms with Gasteiger partial charge in [0.05, 0.1) is 29.5 Å². The molecular weight excluding hydrogens is 276 g/mol. The Labute approximate surface area is 127 Å². The number of nitriles is 1. The fraction of sp³-hybridized carbons (Fsp3) is 0.250. The predicted molar refractivity (Wildman–Crippen MR) is 82.1 cm³/mol. The lowest BCUT2D eigenvalue weighted by molar-refractivity contribution is 0.590. The van der Waals surface area contributed by atoms with Crippen LogP contribution in [0, 0.1) is 11.3 Å². The van der Waals surface area contributed by atoms with Gasteiger partial charge in [0.1, 0.15) is 11.9 Å². The molecule has 108 valence electrons. The van der Waals surface area contributed by atoms with E-state index in [0.29, 0.717) is 12.2 Å². The zero-order valence-corrected chi connectivity index (χ0v) is 12.0. The number of anilines is 1. The van der Waals surface area contributed by atoms with Crippen LogP contribution in [-0.4, -0.2) is 26.3 Å². The number of hydrogen-bond donors (Lipinski definition) is 0. The van der Waals surface area contributed by atoms with Crippen molar-refractivity contribution < 1.29 is 0 Å². The van der Waals surface area contributed by atoms with E-state index in [4.69, 9.17) is 10.2 Å². The molecular formula is C16H14N6. The van der Waals surface area contributed by atoms with Gasteiger partial charge in [-0.25, -0.2) is 4.98 Å². The van der Waals surface area contributed by atoms with E-state index in [9.17, 15) is 0 Å². The van der Waals surface area contributed by atoms with Crippen molar-refractivity contribution in [2.75, 3.05) is 11.4 Å². The van der Waals surface area contributed by atoms with E-state index in [-0.39, 0.29) is 0 Å². The predicted octanol–water partition coefficient (Wildman–Crippen LogP) is 2.11. The number of nitrogens with zero attached hydrogens (tertiary/aromatic N) is 6. The molecule has 1 aromatic carbocycles. The summed E-state index contributed by atoms with van der Waals surface area (Å²) in [5.41, 5.74) is 3.32. The Bertz CT molecular complexity index is 876. The smallest absolute Gasteiger partial charge is 0.162 e. The Morgan fingerprint density at radius 2 is 2.00 bits per heavy atom. The van der Waals surface area contributed by atoms with Crippen molar-refractivity contribution in [3.8, 4) is 6.07 Å². The van der Waals surface area contributed by atoms with Gasteiger partial charge in [0, 0.05) is 13.1 Å². The number of hydrogen-bond acceptors (Lipinski definition) is 5. The topological polar surface area (TPSA) is 70.6 Å². The molecule has 0 amide bonds. The molecule has 0 aliphatic carbocycles. The molecule has 2 aromatic heterocycles. The number of rotatable bonds is 1. The second-order valence-electron chi connectivity index (χ2n) is 5.35. The minimum atomic E-state index is 0.474. The first-order valence-corrected chi connectivity index (χ1v) is 7.27. The third-order valence-corrected chi connectivity index (χ3v) is 3.89. The highest BCUT2D eigenvalue weighted by molar-refractivity contribution is 5.75. The van der Waals surface area contributed by atoms with Crippen molar-refractivity contribution in [3.05, 3.63) is 47.9 Å². The van der Waals surface area contributed by atoms with Gasteiger partial charge in [-0.2, -0.15) is 10.4 Å². The molecule has 0 spiro atoms. The normalized spacial score (nSPS) is 14.4. The SMILES string of the molecule is N#Cc1cc2n(n1)CCCN(c1cnc3ccccc3n1)C2. The fourth-order valence-corrected chi connectivity index (χ4v) is 2.81. The first-order chi connectivity index (χ1) is 10.8. The average Bonchev–Trinajstić information content (AvgIpc) is 2.85. The van der Waals surface area contributed by atoms with Crippen LogP contribution in [0.15, 0.2) is 36.5 Å². The van der Waals surface area contributed by atoms with Crippen LogP contribution < -0.4 is 4.90 Å². The largest absolute Gasteiger partial charge is 0.349 e. The van der Waals surface area contributed by atoms with Gasteiger partial charge < -0.3 is 4.90 Å². The molecule has 6 heteroatoms. The summed E-state index contributed by atoms with van der Waals surface area (Å²) < 4.78 is 1.92. The van der Waals surface area contributed by atoms with Crippen LogP contribution in [0.3, 0.4) is 0 Å². The molecule has 3 aromatic rings. The van der Waals surface area contributed by atoms with E-state index in [1.165, 1.54) is 0 Å². The van der Waals surface area contributed by atoms with E-state index in [2.05, 4.69) is 21.1 Å². The molecule has 0 atom stereocenters. The monoisotopic (exact) mass is 290 g/mol. The maximum Gasteiger partial charge on any atom is 0.162 e. The lowest BCUT2D eigenvalue weighted by Gasteiger charge is -2.20. The summed E-state index contributed by atoms with van der Waals surface area (Å²) in [5, 5.41) is 13.3. The van der Waals surface area contributed by atoms with Crippen molar-refractivity contribution in [1.29, 1.82) is 5.26 Å². The second kappa shape index (κ2) is 5.11. The van der Waals surface area contributed by atoms with Crippen LogP contribution >= 0.6 is 0 Å². The molecule has 6 nitrogen and oxygen atoms in total. The molecule has 1 aliphatic heterocycles. The van der Waals surface area contributed by atoms with Gasteiger partial charge in [-0.15, -0.1) is 0 Å². The number of aryl methyl sites for hydroxylation is 1. The number of aromatic nitrogens is 4. The van der Waals surface area contributed by atoms with Crippen LogP contribution in [0.4, 0.5) is 5.82 Å². The minimum Gasteiger partial charge on any atom is -0.349 e. The summed E-state index contributed by atoms with van der Waals surface area (Å²) in [6, 6.07) is 11.8. The summed E-state index contributed by atoms with van der Waals surface area (Å²) >= 11 is 0. The van der Waals surface area contributed by atoms with Crippen molar-refractivity contribution in [3.63, 3.8) is 0 Å². The molecule has 22 heavy (non-hydrogen) atoms. The van der Waals surface area contributed by atoms with Gasteiger partial charge in [-0.3, -0.25) is 9.67 Å². The highest BCUT2D eigenvalue weighted by Gasteiger charge is 2.18. The van der Waals surface area contributed by atoms with Gasteiger partial charge >= 0.3 is 0 Å². The molecule has 0 bridgehead atoms. The molecule has 1 aliphatic rings. The van der Waals surface area contributed by atoms with Crippen molar-refractivity contribution in [2.24, 2.45) is 0 Å². The second-order valence-corrected chi connectivity index (χ2v) is 5.35. The standard InChI is InChI=1S/C16H14N6/c17-9-12-8-13-11-21(6-3-7-22(13)20-12)16-10-18-14-4-1-2-5-15(14)19-16/h1-2,4-5,8,10H,3,6-7,11H2. The van der Waals surface area contributed by atoms with E-state index in [1.54, 1.807) is 0 Å². The molecule has 3 heterocycles. The zero-order valence-electron chi connectivity index (χ0n) is 12.0. The maximum absolute atomic E-state index is 9.00. The van der Waals surface area contributed by atoms with Gasteiger partial charge in [-0.05, 0) is 24.6 Å². The van der Waals surface area contributed by atoms with Crippen LogP contribution in [-0.2, 0) is 13.1 Å². The maximum atomic E-state index is 9.00. The Morgan fingerprint density at radius 1 is 1.14 bits per heavy atom. The molecule has 0 radical (unpaired) electrons. The summed E-state index contributed by atoms with van der Waals surface area (Å²) in [6.45, 7) is 2.43. The van der Waals surface area contributed by atoms with Gasteiger partial charge in [0.15, 0.2) is 5.69 Å². The van der Waals surface area contributed by atoms with E-state index < -0.39 is 0 Å². The van der Waals surface area contributed by atoms with Gasteiger partial charge in [-0.1, -0.05) is 12.1 Å². The van der Waals surface area contributed by atoms with Crippen molar-refractivity contribution in [2.45, 2.75) is 19.5 Å². The Balaban J connectivity index is 1.70. The van der Waals surface area contributed by atoms with Crippen LogP contribution in [0.1, 0.15) is 17.8 Å². The molecule has 0 N–H and O–H groups in total. The highest BCUT2D eigenvalue weighted by Crippen LogP contribution is 2.20. The lowest BCUT2D eigenvalue weighted by atomic mass is 10.3. The first kappa shape index (κ1) is 12.8. The van der Waals surface area contributed by atoms with Crippen LogP contribution in [0.5, 0.6) is 0 Å². The molecule has 0 unspecified atom stereocenters. The van der Waals surface area contributed by atoms with Crippen LogP contribution in [0.25, 0.3) is 11.0 Å². The van der Waals surface area contributed by atoms with Crippen LogP contribution in [0.2, 0.25) is 0 Å². The minimum absolute atomic E-state index is 0.474. The third kappa shape index (κ3) is 2.17. The molecule has 4 rings (SSSR count). The van der Waals surface area contributed by atoms with E-state index >= 15 is 0 Å². The molecule has 0 fully saturated rings. The summed E-state index contributed by atoms with van der Waals surface area (Å²) in [5.74, 6) is 0.867. The van der Waals surface area contributed by atoms with Crippen molar-refractivity contribution in [1.82, 2.24) is 19.7 Å². The van der Waals surface area contributed by atoms with Gasteiger partial charge in [0.25, 0.3) is 0 Å². The Kier molecular flexibility index (Phi) is 2.97. The highest BCUT2D eigenvalue weighted by atomic mass is 15.3. The Morgan fingerprint density at radius 3 is 2.86 bits per heavy atom.